The summed E-state index contributed by atoms with van der Waals surface area (Å²) in [6.07, 6.45) is 4.63. The molecule has 2 bridgehead atoms. The van der Waals surface area contributed by atoms with Gasteiger partial charge in [0.2, 0.25) is 0 Å². The molecule has 0 aromatic rings. The molecule has 0 aromatic heterocycles. The average Bonchev–Trinajstić information content (AvgIpc) is 2.46. The molecule has 0 N–H and O–H groups in total. The van der Waals surface area contributed by atoms with Crippen LogP contribution in [0.5, 0.6) is 0 Å². The third kappa shape index (κ3) is 0.689. The Bertz CT molecular complexity index is 196. The molecule has 0 amide bonds. The van der Waals surface area contributed by atoms with Crippen molar-refractivity contribution in [1.29, 1.82) is 5.26 Å². The maximum Gasteiger partial charge on any atom is 0.134 e. The number of nitriles is 1. The average molecular weight is 156 g/mol. The van der Waals surface area contributed by atoms with Gasteiger partial charge in [0.05, 0.1) is 6.07 Å². The predicted molar refractivity (Wildman–Crippen MR) is 39.6 cm³/mol. The molecule has 1 nitrogen and oxygen atoms in total. The fourth-order valence-corrected chi connectivity index (χ4v) is 2.82. The molecule has 2 fully saturated rings. The highest BCUT2D eigenvalue weighted by Crippen LogP contribution is 2.53. The van der Waals surface area contributed by atoms with Crippen LogP contribution in [-0.4, -0.2) is 4.87 Å². The highest BCUT2D eigenvalue weighted by Gasteiger charge is 2.50. The van der Waals surface area contributed by atoms with E-state index in [1.165, 1.54) is 19.3 Å². The first-order chi connectivity index (χ1) is 4.74. The van der Waals surface area contributed by atoms with Crippen molar-refractivity contribution in [3.63, 3.8) is 0 Å². The topological polar surface area (TPSA) is 23.8 Å². The zero-order valence-corrected chi connectivity index (χ0v) is 6.56. The van der Waals surface area contributed by atoms with E-state index in [1.807, 2.05) is 0 Å². The smallest absolute Gasteiger partial charge is 0.134 e. The molecule has 2 aliphatic rings. The van der Waals surface area contributed by atoms with E-state index in [4.69, 9.17) is 16.9 Å². The largest absolute Gasteiger partial charge is 0.196 e. The third-order valence-corrected chi connectivity index (χ3v) is 3.51. The van der Waals surface area contributed by atoms with Crippen molar-refractivity contribution in [2.24, 2.45) is 11.8 Å². The summed E-state index contributed by atoms with van der Waals surface area (Å²) in [5.41, 5.74) is 0. The summed E-state index contributed by atoms with van der Waals surface area (Å²) in [4.78, 5) is -0.469. The number of alkyl halides is 1. The van der Waals surface area contributed by atoms with Crippen molar-refractivity contribution in [3.8, 4) is 6.07 Å². The van der Waals surface area contributed by atoms with Crippen molar-refractivity contribution in [2.75, 3.05) is 0 Å². The minimum atomic E-state index is -0.469. The molecule has 2 heteroatoms. The number of halogens is 1. The SMILES string of the molecule is N#C[C@@]1(Cl)C[C@@H]2CC[C@H]1C2. The first-order valence-electron chi connectivity index (χ1n) is 3.85. The van der Waals surface area contributed by atoms with Gasteiger partial charge in [-0.1, -0.05) is 0 Å². The molecule has 0 aromatic carbocycles. The van der Waals surface area contributed by atoms with E-state index >= 15 is 0 Å². The van der Waals surface area contributed by atoms with E-state index < -0.39 is 4.87 Å². The van der Waals surface area contributed by atoms with Crippen LogP contribution < -0.4 is 0 Å². The normalized spacial score (nSPS) is 51.2. The highest BCUT2D eigenvalue weighted by molar-refractivity contribution is 6.26. The van der Waals surface area contributed by atoms with Crippen LogP contribution in [0.15, 0.2) is 0 Å². The Morgan fingerprint density at radius 3 is 2.60 bits per heavy atom. The van der Waals surface area contributed by atoms with Crippen LogP contribution in [0.2, 0.25) is 0 Å². The van der Waals surface area contributed by atoms with Crippen LogP contribution in [0.3, 0.4) is 0 Å². The van der Waals surface area contributed by atoms with Gasteiger partial charge in [-0.2, -0.15) is 5.26 Å². The Morgan fingerprint density at radius 2 is 2.30 bits per heavy atom. The van der Waals surface area contributed by atoms with Gasteiger partial charge in [-0.25, -0.2) is 0 Å². The van der Waals surface area contributed by atoms with Crippen LogP contribution in [0.25, 0.3) is 0 Å². The van der Waals surface area contributed by atoms with Crippen LogP contribution in [-0.2, 0) is 0 Å². The Balaban J connectivity index is 2.24. The van der Waals surface area contributed by atoms with Crippen LogP contribution in [0.4, 0.5) is 0 Å². The maximum absolute atomic E-state index is 8.77. The Labute approximate surface area is 66.0 Å². The summed E-state index contributed by atoms with van der Waals surface area (Å²) in [6, 6.07) is 2.24. The molecule has 3 atom stereocenters. The van der Waals surface area contributed by atoms with Gasteiger partial charge in [-0.15, -0.1) is 11.6 Å². The maximum atomic E-state index is 8.77. The first kappa shape index (κ1) is 6.49. The van der Waals surface area contributed by atoms with Crippen molar-refractivity contribution in [3.05, 3.63) is 0 Å². The lowest BCUT2D eigenvalue weighted by Gasteiger charge is -2.23. The molecule has 0 unspecified atom stereocenters. The van der Waals surface area contributed by atoms with E-state index in [-0.39, 0.29) is 0 Å². The van der Waals surface area contributed by atoms with Crippen LogP contribution >= 0.6 is 11.6 Å². The molecule has 0 spiro atoms. The van der Waals surface area contributed by atoms with Gasteiger partial charge in [-0.3, -0.25) is 0 Å². The number of hydrogen-bond donors (Lipinski definition) is 0. The van der Waals surface area contributed by atoms with Gasteiger partial charge in [0.1, 0.15) is 4.87 Å². The second kappa shape index (κ2) is 1.89. The molecule has 10 heavy (non-hydrogen) atoms. The molecule has 0 heterocycles. The quantitative estimate of drug-likeness (QED) is 0.493. The summed E-state index contributed by atoms with van der Waals surface area (Å²) in [5, 5.41) is 8.77. The van der Waals surface area contributed by atoms with Crippen molar-refractivity contribution in [1.82, 2.24) is 0 Å². The summed E-state index contributed by atoms with van der Waals surface area (Å²) in [5.74, 6) is 1.27. The van der Waals surface area contributed by atoms with E-state index in [1.54, 1.807) is 0 Å². The fraction of sp³-hybridized carbons (Fsp3) is 0.875. The van der Waals surface area contributed by atoms with Gasteiger partial charge < -0.3 is 0 Å². The van der Waals surface area contributed by atoms with Crippen LogP contribution in [0, 0.1) is 23.2 Å². The highest BCUT2D eigenvalue weighted by atomic mass is 35.5. The monoisotopic (exact) mass is 155 g/mol. The molecule has 0 saturated heterocycles. The Morgan fingerprint density at radius 1 is 1.50 bits per heavy atom. The number of rotatable bonds is 0. The molecule has 0 aliphatic heterocycles. The minimum absolute atomic E-state index is 0.469. The Kier molecular flexibility index (Phi) is 1.22. The van der Waals surface area contributed by atoms with E-state index in [0.29, 0.717) is 5.92 Å². The molecule has 54 valence electrons. The number of nitrogens with zero attached hydrogens (tertiary/aromatic N) is 1. The van der Waals surface area contributed by atoms with Gasteiger partial charge in [0.25, 0.3) is 0 Å². The molecule has 2 aliphatic carbocycles. The fourth-order valence-electron chi connectivity index (χ4n) is 2.40. The lowest BCUT2D eigenvalue weighted by Crippen LogP contribution is -2.26. The van der Waals surface area contributed by atoms with E-state index in [0.717, 1.165) is 12.3 Å². The second-order valence-corrected chi connectivity index (χ2v) is 4.23. The summed E-state index contributed by atoms with van der Waals surface area (Å²) in [6.45, 7) is 0. The molecule has 2 rings (SSSR count). The van der Waals surface area contributed by atoms with Crippen molar-refractivity contribution in [2.45, 2.75) is 30.6 Å². The molecular formula is C8H10ClN. The third-order valence-electron chi connectivity index (χ3n) is 2.96. The predicted octanol–water partition coefficient (Wildman–Crippen LogP) is 2.31. The standard InChI is InChI=1S/C8H10ClN/c9-8(5-10)4-6-1-2-7(8)3-6/h6-7H,1-4H2/t6-,7+,8+/m1/s1. The second-order valence-electron chi connectivity index (χ2n) is 3.55. The van der Waals surface area contributed by atoms with Crippen LogP contribution in [0.1, 0.15) is 25.7 Å². The van der Waals surface area contributed by atoms with Gasteiger partial charge in [-0.05, 0) is 37.5 Å². The first-order valence-corrected chi connectivity index (χ1v) is 4.22. The van der Waals surface area contributed by atoms with Crippen molar-refractivity contribution >= 4 is 11.6 Å². The number of fused-ring (bicyclic) bond motifs is 2. The minimum Gasteiger partial charge on any atom is -0.196 e. The van der Waals surface area contributed by atoms with Gasteiger partial charge >= 0.3 is 0 Å². The lowest BCUT2D eigenvalue weighted by atomic mass is 9.89. The van der Waals surface area contributed by atoms with Gasteiger partial charge in [0.15, 0.2) is 0 Å². The zero-order valence-electron chi connectivity index (χ0n) is 5.81. The summed E-state index contributed by atoms with van der Waals surface area (Å²) < 4.78 is 0. The summed E-state index contributed by atoms with van der Waals surface area (Å²) >= 11 is 6.09. The lowest BCUT2D eigenvalue weighted by molar-refractivity contribution is 0.429. The summed E-state index contributed by atoms with van der Waals surface area (Å²) in [7, 11) is 0. The molecule has 2 saturated carbocycles. The molecular weight excluding hydrogens is 146 g/mol. The molecule has 0 radical (unpaired) electrons. The van der Waals surface area contributed by atoms with E-state index in [2.05, 4.69) is 6.07 Å². The Hall–Kier alpha value is -0.220. The van der Waals surface area contributed by atoms with Crippen molar-refractivity contribution < 1.29 is 0 Å². The zero-order chi connectivity index (χ0) is 7.19. The van der Waals surface area contributed by atoms with E-state index in [9.17, 15) is 0 Å². The number of hydrogen-bond acceptors (Lipinski definition) is 1. The van der Waals surface area contributed by atoms with Gasteiger partial charge in [0, 0.05) is 0 Å².